The Hall–Kier alpha value is -1.33. The van der Waals surface area contributed by atoms with Gasteiger partial charge in [0.1, 0.15) is 6.10 Å². The second kappa shape index (κ2) is 4.78. The minimum Gasteiger partial charge on any atom is -0.354 e. The molecule has 0 atom stereocenters. The highest BCUT2D eigenvalue weighted by Crippen LogP contribution is 2.21. The van der Waals surface area contributed by atoms with Crippen molar-refractivity contribution in [3.8, 4) is 0 Å². The Kier molecular flexibility index (Phi) is 3.67. The Morgan fingerprint density at radius 2 is 2.00 bits per heavy atom. The Balaban J connectivity index is 2.24. The average molecular weight is 204 g/mol. The van der Waals surface area contributed by atoms with Crippen LogP contribution in [0.1, 0.15) is 32.6 Å². The molecule has 1 aliphatic carbocycles. The molecule has 0 aliphatic heterocycles. The summed E-state index contributed by atoms with van der Waals surface area (Å²) in [6, 6.07) is 0.152. The molecule has 0 bridgehead atoms. The van der Waals surface area contributed by atoms with Crippen molar-refractivity contribution in [3.05, 3.63) is 10.1 Å². The first-order chi connectivity index (χ1) is 6.58. The molecule has 0 aromatic carbocycles. The van der Waals surface area contributed by atoms with E-state index < -0.39 is 5.09 Å². The van der Waals surface area contributed by atoms with Crippen molar-refractivity contribution >= 4 is 5.91 Å². The molecule has 1 aliphatic rings. The van der Waals surface area contributed by atoms with E-state index in [1.54, 1.807) is 0 Å². The second-order valence-corrected chi connectivity index (χ2v) is 3.50. The third-order valence-electron chi connectivity index (χ3n) is 2.32. The normalized spacial score (nSPS) is 26.6. The first-order valence-corrected chi connectivity index (χ1v) is 4.66. The van der Waals surface area contributed by atoms with Crippen LogP contribution in [0.3, 0.4) is 0 Å². The zero-order valence-electron chi connectivity index (χ0n) is 8.06. The van der Waals surface area contributed by atoms with Gasteiger partial charge in [-0.25, -0.2) is 0 Å². The molecular formula is C8H14N2O4. The van der Waals surface area contributed by atoms with Crippen LogP contribution in [0.5, 0.6) is 0 Å². The summed E-state index contributed by atoms with van der Waals surface area (Å²) in [6.45, 7) is 1.47. The van der Waals surface area contributed by atoms with Gasteiger partial charge in [-0.3, -0.25) is 4.79 Å². The number of hydrogen-bond acceptors (Lipinski definition) is 4. The van der Waals surface area contributed by atoms with Gasteiger partial charge in [0.05, 0.1) is 0 Å². The molecule has 1 N–H and O–H groups in total. The molecule has 6 heteroatoms. The largest absolute Gasteiger partial charge is 0.354 e. The topological polar surface area (TPSA) is 81.5 Å². The monoisotopic (exact) mass is 204 g/mol. The second-order valence-electron chi connectivity index (χ2n) is 3.50. The number of amides is 1. The van der Waals surface area contributed by atoms with Gasteiger partial charge in [-0.15, -0.1) is 10.1 Å². The highest BCUT2D eigenvalue weighted by Gasteiger charge is 2.23. The van der Waals surface area contributed by atoms with E-state index in [2.05, 4.69) is 10.2 Å². The molecule has 1 rings (SSSR count). The van der Waals surface area contributed by atoms with E-state index >= 15 is 0 Å². The molecule has 0 spiro atoms. The molecular weight excluding hydrogens is 190 g/mol. The van der Waals surface area contributed by atoms with E-state index in [-0.39, 0.29) is 18.1 Å². The lowest BCUT2D eigenvalue weighted by Crippen LogP contribution is -2.38. The van der Waals surface area contributed by atoms with Crippen LogP contribution >= 0.6 is 0 Å². The molecule has 0 aromatic rings. The van der Waals surface area contributed by atoms with E-state index in [4.69, 9.17) is 0 Å². The maximum Gasteiger partial charge on any atom is 0.294 e. The summed E-state index contributed by atoms with van der Waals surface area (Å²) in [5.74, 6) is -0.0522. The van der Waals surface area contributed by atoms with Gasteiger partial charge < -0.3 is 10.2 Å². The average Bonchev–Trinajstić information content (AvgIpc) is 2.06. The van der Waals surface area contributed by atoms with Crippen molar-refractivity contribution in [3.63, 3.8) is 0 Å². The zero-order chi connectivity index (χ0) is 10.6. The van der Waals surface area contributed by atoms with Gasteiger partial charge in [0.25, 0.3) is 5.09 Å². The predicted octanol–water partition coefficient (Wildman–Crippen LogP) is 0.642. The molecule has 14 heavy (non-hydrogen) atoms. The van der Waals surface area contributed by atoms with Crippen LogP contribution in [0.15, 0.2) is 0 Å². The van der Waals surface area contributed by atoms with Crippen molar-refractivity contribution in [2.24, 2.45) is 0 Å². The quantitative estimate of drug-likeness (QED) is 0.540. The van der Waals surface area contributed by atoms with Crippen LogP contribution in [0.4, 0.5) is 0 Å². The van der Waals surface area contributed by atoms with Crippen LogP contribution in [0.25, 0.3) is 0 Å². The van der Waals surface area contributed by atoms with Crippen molar-refractivity contribution in [1.29, 1.82) is 0 Å². The third kappa shape index (κ3) is 3.59. The fraction of sp³-hybridized carbons (Fsp3) is 0.875. The number of hydrogen-bond donors (Lipinski definition) is 1. The van der Waals surface area contributed by atoms with Gasteiger partial charge in [0.2, 0.25) is 5.91 Å². The lowest BCUT2D eigenvalue weighted by molar-refractivity contribution is -0.769. The van der Waals surface area contributed by atoms with Crippen LogP contribution in [-0.4, -0.2) is 23.1 Å². The van der Waals surface area contributed by atoms with Gasteiger partial charge in [0.15, 0.2) is 0 Å². The molecule has 1 fully saturated rings. The molecule has 0 aromatic heterocycles. The fourth-order valence-electron chi connectivity index (χ4n) is 1.72. The first-order valence-electron chi connectivity index (χ1n) is 4.66. The van der Waals surface area contributed by atoms with E-state index in [9.17, 15) is 14.9 Å². The molecule has 80 valence electrons. The minimum atomic E-state index is -0.747. The van der Waals surface area contributed by atoms with Crippen molar-refractivity contribution in [1.82, 2.24) is 5.32 Å². The molecule has 1 amide bonds. The van der Waals surface area contributed by atoms with Gasteiger partial charge in [-0.1, -0.05) is 0 Å². The molecule has 1 saturated carbocycles. The maximum absolute atomic E-state index is 10.7. The first kappa shape index (κ1) is 10.7. The molecule has 0 saturated heterocycles. The molecule has 0 heterocycles. The standard InChI is InChI=1S/C8H14N2O4/c1-6(11)9-7-2-4-8(5-3-7)14-10(12)13/h7-8H,2-5H2,1H3,(H,9,11)/i1+2. The van der Waals surface area contributed by atoms with Crippen molar-refractivity contribution in [2.45, 2.75) is 44.8 Å². The van der Waals surface area contributed by atoms with Gasteiger partial charge in [0, 0.05) is 13.0 Å². The summed E-state index contributed by atoms with van der Waals surface area (Å²) < 4.78 is 0. The summed E-state index contributed by atoms with van der Waals surface area (Å²) >= 11 is 0. The number of rotatable bonds is 3. The van der Waals surface area contributed by atoms with Crippen LogP contribution in [0.2, 0.25) is 0 Å². The van der Waals surface area contributed by atoms with Crippen molar-refractivity contribution < 1.29 is 14.7 Å². The highest BCUT2D eigenvalue weighted by molar-refractivity contribution is 5.73. The van der Waals surface area contributed by atoms with E-state index in [1.807, 2.05) is 0 Å². The molecule has 0 unspecified atom stereocenters. The van der Waals surface area contributed by atoms with Crippen LogP contribution < -0.4 is 5.32 Å². The van der Waals surface area contributed by atoms with Gasteiger partial charge >= 0.3 is 0 Å². The number of carbonyl (C=O) groups excluding carboxylic acids is 1. The SMILES string of the molecule is [14CH3]C(=O)NC1CCC(O[N+](=O)[O-])CC1. The van der Waals surface area contributed by atoms with Gasteiger partial charge in [-0.2, -0.15) is 0 Å². The highest BCUT2D eigenvalue weighted by atomic mass is 17.0. The minimum absolute atomic E-state index is 0.0522. The van der Waals surface area contributed by atoms with Gasteiger partial charge in [-0.05, 0) is 25.7 Å². The predicted molar refractivity (Wildman–Crippen MR) is 47.9 cm³/mol. The fourth-order valence-corrected chi connectivity index (χ4v) is 1.72. The Morgan fingerprint density at radius 1 is 1.43 bits per heavy atom. The summed E-state index contributed by atoms with van der Waals surface area (Å²) in [5, 5.41) is 12.1. The van der Waals surface area contributed by atoms with Crippen molar-refractivity contribution in [2.75, 3.05) is 0 Å². The summed E-state index contributed by atoms with van der Waals surface area (Å²) in [5.41, 5.74) is 0. The maximum atomic E-state index is 10.7. The lowest BCUT2D eigenvalue weighted by atomic mass is 9.93. The number of carbonyl (C=O) groups is 1. The Bertz CT molecular complexity index is 199. The summed E-state index contributed by atoms with van der Waals surface area (Å²) in [4.78, 5) is 25.2. The number of nitrogens with zero attached hydrogens (tertiary/aromatic N) is 1. The summed E-state index contributed by atoms with van der Waals surface area (Å²) in [6.07, 6.45) is 2.46. The summed E-state index contributed by atoms with van der Waals surface area (Å²) in [7, 11) is 0. The van der Waals surface area contributed by atoms with E-state index in [0.29, 0.717) is 12.8 Å². The van der Waals surface area contributed by atoms with Crippen LogP contribution in [0, 0.1) is 10.1 Å². The van der Waals surface area contributed by atoms with E-state index in [1.165, 1.54) is 6.92 Å². The molecule has 6 nitrogen and oxygen atoms in total. The smallest absolute Gasteiger partial charge is 0.294 e. The number of nitrogens with one attached hydrogen (secondary N) is 1. The Labute approximate surface area is 81.7 Å². The Morgan fingerprint density at radius 3 is 2.43 bits per heavy atom. The zero-order valence-corrected chi connectivity index (χ0v) is 8.06. The van der Waals surface area contributed by atoms with E-state index in [0.717, 1.165) is 12.8 Å². The van der Waals surface area contributed by atoms with Crippen LogP contribution in [-0.2, 0) is 9.63 Å². The molecule has 0 radical (unpaired) electrons. The third-order valence-corrected chi connectivity index (χ3v) is 2.32. The lowest BCUT2D eigenvalue weighted by Gasteiger charge is -2.27.